The smallest absolute Gasteiger partial charge is 0.165 e. The molecule has 4 nitrogen and oxygen atoms in total. The molecule has 5 heteroatoms. The van der Waals surface area contributed by atoms with Crippen LogP contribution in [0.25, 0.3) is 16.2 Å². The zero-order chi connectivity index (χ0) is 14.9. The van der Waals surface area contributed by atoms with Crippen molar-refractivity contribution in [2.24, 2.45) is 0 Å². The summed E-state index contributed by atoms with van der Waals surface area (Å²) in [4.78, 5) is 11.9. The van der Waals surface area contributed by atoms with Gasteiger partial charge in [0.25, 0.3) is 0 Å². The molecule has 1 atom stereocenters. The van der Waals surface area contributed by atoms with Gasteiger partial charge in [0, 0.05) is 18.7 Å². The molecule has 3 aromatic heterocycles. The molecular formula is C17H20N4S. The van der Waals surface area contributed by atoms with E-state index in [0.29, 0.717) is 6.04 Å². The highest BCUT2D eigenvalue weighted by Crippen LogP contribution is 2.26. The van der Waals surface area contributed by atoms with Crippen LogP contribution in [0, 0.1) is 0 Å². The first-order chi connectivity index (χ1) is 10.8. The highest BCUT2D eigenvalue weighted by atomic mass is 32.1. The average molecular weight is 312 g/mol. The zero-order valence-corrected chi connectivity index (χ0v) is 13.6. The van der Waals surface area contributed by atoms with Crippen molar-refractivity contribution in [1.82, 2.24) is 19.4 Å². The van der Waals surface area contributed by atoms with Gasteiger partial charge in [-0.25, -0.2) is 9.97 Å². The Bertz CT molecular complexity index is 762. The van der Waals surface area contributed by atoms with Gasteiger partial charge in [-0.2, -0.15) is 0 Å². The highest BCUT2D eigenvalue weighted by molar-refractivity contribution is 7.12. The van der Waals surface area contributed by atoms with Crippen LogP contribution in [0.5, 0.6) is 0 Å². The largest absolute Gasteiger partial charge is 0.303 e. The summed E-state index contributed by atoms with van der Waals surface area (Å²) < 4.78 is 2.24. The van der Waals surface area contributed by atoms with Gasteiger partial charge in [0.15, 0.2) is 5.65 Å². The van der Waals surface area contributed by atoms with Crippen LogP contribution in [-0.4, -0.2) is 39.1 Å². The van der Waals surface area contributed by atoms with E-state index in [4.69, 9.17) is 4.98 Å². The van der Waals surface area contributed by atoms with E-state index in [2.05, 4.69) is 45.1 Å². The first-order valence-corrected chi connectivity index (χ1v) is 8.77. The summed E-state index contributed by atoms with van der Waals surface area (Å²) >= 11 is 1.74. The Morgan fingerprint density at radius 3 is 3.05 bits per heavy atom. The molecule has 22 heavy (non-hydrogen) atoms. The second-order valence-electron chi connectivity index (χ2n) is 6.00. The number of imidazole rings is 1. The predicted octanol–water partition coefficient (Wildman–Crippen LogP) is 3.51. The number of likely N-dealkylation sites (N-methyl/N-ethyl adjacent to an activating group) is 1. The van der Waals surface area contributed by atoms with Crippen LogP contribution in [0.1, 0.15) is 25.1 Å². The van der Waals surface area contributed by atoms with Gasteiger partial charge < -0.3 is 4.90 Å². The number of piperidine rings is 1. The SMILES string of the molecule is CN1CCCCC1Cc1nc2cccnc2n1-c1cccs1. The number of aromatic nitrogens is 3. The number of pyridine rings is 1. The molecule has 0 saturated carbocycles. The van der Waals surface area contributed by atoms with Crippen molar-refractivity contribution in [2.75, 3.05) is 13.6 Å². The summed E-state index contributed by atoms with van der Waals surface area (Å²) in [6.07, 6.45) is 6.75. The molecule has 0 spiro atoms. The maximum absolute atomic E-state index is 4.88. The van der Waals surface area contributed by atoms with Gasteiger partial charge in [0.1, 0.15) is 16.3 Å². The van der Waals surface area contributed by atoms with Crippen LogP contribution < -0.4 is 0 Å². The Labute approximate surface area is 134 Å². The molecule has 0 amide bonds. The van der Waals surface area contributed by atoms with E-state index < -0.39 is 0 Å². The van der Waals surface area contributed by atoms with E-state index >= 15 is 0 Å². The van der Waals surface area contributed by atoms with Gasteiger partial charge in [0.05, 0.1) is 0 Å². The summed E-state index contributed by atoms with van der Waals surface area (Å²) in [5.41, 5.74) is 1.96. The molecule has 1 aliphatic rings. The molecule has 4 rings (SSSR count). The lowest BCUT2D eigenvalue weighted by molar-refractivity contribution is 0.182. The third-order valence-electron chi connectivity index (χ3n) is 4.55. The fourth-order valence-corrected chi connectivity index (χ4v) is 4.09. The highest BCUT2D eigenvalue weighted by Gasteiger charge is 2.23. The van der Waals surface area contributed by atoms with Crippen molar-refractivity contribution in [1.29, 1.82) is 0 Å². The van der Waals surface area contributed by atoms with Crippen LogP contribution in [-0.2, 0) is 6.42 Å². The van der Waals surface area contributed by atoms with Gasteiger partial charge in [-0.05, 0) is 56.1 Å². The number of thiophene rings is 1. The summed E-state index contributed by atoms with van der Waals surface area (Å²) in [6, 6.07) is 8.84. The van der Waals surface area contributed by atoms with Crippen LogP contribution in [0.3, 0.4) is 0 Å². The fourth-order valence-electron chi connectivity index (χ4n) is 3.34. The molecule has 0 aliphatic carbocycles. The molecule has 1 aliphatic heterocycles. The van der Waals surface area contributed by atoms with Crippen molar-refractivity contribution in [3.8, 4) is 5.00 Å². The standard InChI is InChI=1S/C17H20N4S/c1-20-10-3-2-6-13(20)12-15-19-14-7-4-9-18-17(14)21(15)16-8-5-11-22-16/h4-5,7-9,11,13H,2-3,6,10,12H2,1H3. The van der Waals surface area contributed by atoms with Gasteiger partial charge in [-0.15, -0.1) is 11.3 Å². The van der Waals surface area contributed by atoms with Crippen LogP contribution >= 0.6 is 11.3 Å². The van der Waals surface area contributed by atoms with Gasteiger partial charge >= 0.3 is 0 Å². The molecule has 3 aromatic rings. The second kappa shape index (κ2) is 5.82. The lowest BCUT2D eigenvalue weighted by Gasteiger charge is -2.32. The molecule has 1 saturated heterocycles. The first kappa shape index (κ1) is 13.9. The quantitative estimate of drug-likeness (QED) is 0.742. The van der Waals surface area contributed by atoms with E-state index in [1.807, 2.05) is 12.3 Å². The normalized spacial score (nSPS) is 19.8. The molecule has 0 N–H and O–H groups in total. The van der Waals surface area contributed by atoms with Gasteiger partial charge in [-0.1, -0.05) is 6.42 Å². The Balaban J connectivity index is 1.78. The topological polar surface area (TPSA) is 34.0 Å². The number of nitrogens with zero attached hydrogens (tertiary/aromatic N) is 4. The number of hydrogen-bond donors (Lipinski definition) is 0. The van der Waals surface area contributed by atoms with E-state index in [1.54, 1.807) is 11.3 Å². The minimum absolute atomic E-state index is 0.587. The molecule has 0 aromatic carbocycles. The summed E-state index contributed by atoms with van der Waals surface area (Å²) in [5, 5.41) is 3.32. The Kier molecular flexibility index (Phi) is 3.68. The maximum Gasteiger partial charge on any atom is 0.165 e. The third kappa shape index (κ3) is 2.44. The van der Waals surface area contributed by atoms with Gasteiger partial charge in [0.2, 0.25) is 0 Å². The second-order valence-corrected chi connectivity index (χ2v) is 6.92. The first-order valence-electron chi connectivity index (χ1n) is 7.89. The van der Waals surface area contributed by atoms with E-state index in [-0.39, 0.29) is 0 Å². The van der Waals surface area contributed by atoms with Crippen molar-refractivity contribution in [3.05, 3.63) is 41.7 Å². The van der Waals surface area contributed by atoms with Crippen molar-refractivity contribution >= 4 is 22.5 Å². The van der Waals surface area contributed by atoms with Crippen molar-refractivity contribution in [2.45, 2.75) is 31.7 Å². The average Bonchev–Trinajstić information content (AvgIpc) is 3.16. The third-order valence-corrected chi connectivity index (χ3v) is 5.41. The molecule has 1 fully saturated rings. The minimum Gasteiger partial charge on any atom is -0.303 e. The van der Waals surface area contributed by atoms with E-state index in [0.717, 1.165) is 23.4 Å². The summed E-state index contributed by atoms with van der Waals surface area (Å²) in [7, 11) is 2.24. The molecule has 1 unspecified atom stereocenters. The maximum atomic E-state index is 4.88. The summed E-state index contributed by atoms with van der Waals surface area (Å²) in [5.74, 6) is 1.13. The van der Waals surface area contributed by atoms with Crippen LogP contribution in [0.4, 0.5) is 0 Å². The molecule has 0 bridgehead atoms. The number of hydrogen-bond acceptors (Lipinski definition) is 4. The number of rotatable bonds is 3. The summed E-state index contributed by atoms with van der Waals surface area (Å²) in [6.45, 7) is 1.20. The Morgan fingerprint density at radius 2 is 2.23 bits per heavy atom. The van der Waals surface area contributed by atoms with E-state index in [9.17, 15) is 0 Å². The monoisotopic (exact) mass is 312 g/mol. The minimum atomic E-state index is 0.587. The predicted molar refractivity (Wildman–Crippen MR) is 90.7 cm³/mol. The number of likely N-dealkylation sites (tertiary alicyclic amines) is 1. The lowest BCUT2D eigenvalue weighted by atomic mass is 10.00. The number of fused-ring (bicyclic) bond motifs is 1. The molecule has 0 radical (unpaired) electrons. The van der Waals surface area contributed by atoms with Crippen LogP contribution in [0.15, 0.2) is 35.8 Å². The Morgan fingerprint density at radius 1 is 1.27 bits per heavy atom. The van der Waals surface area contributed by atoms with Crippen molar-refractivity contribution < 1.29 is 0 Å². The van der Waals surface area contributed by atoms with E-state index in [1.165, 1.54) is 30.8 Å². The molecular weight excluding hydrogens is 292 g/mol. The lowest BCUT2D eigenvalue weighted by Crippen LogP contribution is -2.38. The fraction of sp³-hybridized carbons (Fsp3) is 0.412. The molecule has 4 heterocycles. The van der Waals surface area contributed by atoms with Crippen LogP contribution in [0.2, 0.25) is 0 Å². The Hall–Kier alpha value is -1.72. The molecule has 114 valence electrons. The van der Waals surface area contributed by atoms with Crippen molar-refractivity contribution in [3.63, 3.8) is 0 Å². The zero-order valence-electron chi connectivity index (χ0n) is 12.8. The van der Waals surface area contributed by atoms with Gasteiger partial charge in [-0.3, -0.25) is 4.57 Å².